The van der Waals surface area contributed by atoms with Crippen LogP contribution in [0.4, 0.5) is 0 Å². The predicted octanol–water partition coefficient (Wildman–Crippen LogP) is 2.11. The third kappa shape index (κ3) is 9.01. The summed E-state index contributed by atoms with van der Waals surface area (Å²) in [6, 6.07) is 6.42. The molecule has 0 saturated carbocycles. The van der Waals surface area contributed by atoms with Gasteiger partial charge in [0.2, 0.25) is 0 Å². The molecule has 1 atom stereocenters. The fourth-order valence-corrected chi connectivity index (χ4v) is 2.19. The van der Waals surface area contributed by atoms with Crippen molar-refractivity contribution in [2.24, 2.45) is 4.99 Å². The molecule has 0 fully saturated rings. The van der Waals surface area contributed by atoms with Crippen LogP contribution in [-0.4, -0.2) is 50.0 Å². The van der Waals surface area contributed by atoms with Crippen molar-refractivity contribution in [3.05, 3.63) is 29.6 Å². The second-order valence-electron chi connectivity index (χ2n) is 5.14. The van der Waals surface area contributed by atoms with Crippen molar-refractivity contribution in [3.8, 4) is 0 Å². The summed E-state index contributed by atoms with van der Waals surface area (Å²) in [5.74, 6) is 0. The Balaban J connectivity index is 0.000000816. The van der Waals surface area contributed by atoms with E-state index < -0.39 is 0 Å². The molecule has 2 bridgehead atoms. The quantitative estimate of drug-likeness (QED) is 0.583. The van der Waals surface area contributed by atoms with E-state index in [2.05, 4.69) is 40.0 Å². The Hall–Kier alpha value is -0.201. The van der Waals surface area contributed by atoms with Crippen LogP contribution in [0.2, 0.25) is 0 Å². The van der Waals surface area contributed by atoms with Crippen LogP contribution in [0.25, 0.3) is 0 Å². The number of halogens is 2. The van der Waals surface area contributed by atoms with Crippen molar-refractivity contribution in [3.63, 3.8) is 0 Å². The van der Waals surface area contributed by atoms with Gasteiger partial charge in [-0.2, -0.15) is 0 Å². The number of aromatic nitrogens is 1. The summed E-state index contributed by atoms with van der Waals surface area (Å²) >= 11 is 0.00694. The molecular formula is C15H25Cl2MnN5. The molecule has 0 radical (unpaired) electrons. The third-order valence-corrected chi connectivity index (χ3v) is 3.45. The van der Waals surface area contributed by atoms with Crippen LogP contribution in [0.3, 0.4) is 0 Å². The zero-order valence-corrected chi connectivity index (χ0v) is 16.3. The Morgan fingerprint density at radius 1 is 1.09 bits per heavy atom. The van der Waals surface area contributed by atoms with Gasteiger partial charge in [-0.1, -0.05) is 6.07 Å². The summed E-state index contributed by atoms with van der Waals surface area (Å²) in [6.45, 7) is 9.78. The number of hydrogen-bond acceptors (Lipinski definition) is 5. The number of pyridine rings is 1. The molecule has 8 heteroatoms. The molecule has 0 aromatic carbocycles. The Morgan fingerprint density at radius 2 is 1.74 bits per heavy atom. The number of fused-ring (bicyclic) bond motifs is 2. The molecule has 2 heterocycles. The van der Waals surface area contributed by atoms with Crippen molar-refractivity contribution >= 4 is 25.9 Å². The molecule has 0 saturated heterocycles. The van der Waals surface area contributed by atoms with Gasteiger partial charge >= 0.3 is 33.3 Å². The summed E-state index contributed by atoms with van der Waals surface area (Å²) in [5, 5.41) is 10.3. The normalized spacial score (nSPS) is 20.3. The first kappa shape index (κ1) is 20.8. The van der Waals surface area contributed by atoms with Gasteiger partial charge in [-0.25, -0.2) is 4.98 Å². The maximum atomic E-state index is 4.80. The molecule has 3 N–H and O–H groups in total. The molecule has 1 aromatic rings. The van der Waals surface area contributed by atoms with E-state index in [1.165, 1.54) is 0 Å². The summed E-state index contributed by atoms with van der Waals surface area (Å²) in [7, 11) is 9.59. The van der Waals surface area contributed by atoms with Gasteiger partial charge in [-0.3, -0.25) is 4.99 Å². The van der Waals surface area contributed by atoms with Crippen LogP contribution in [0.5, 0.6) is 0 Å². The fraction of sp³-hybridized carbons (Fsp3) is 0.600. The Bertz CT molecular complexity index is 473. The molecule has 1 unspecified atom stereocenters. The summed E-state index contributed by atoms with van der Waals surface area (Å²) in [4.78, 5) is 9.30. The molecule has 1 aliphatic rings. The molecule has 0 spiro atoms. The average molecular weight is 401 g/mol. The zero-order valence-electron chi connectivity index (χ0n) is 13.6. The van der Waals surface area contributed by atoms with Gasteiger partial charge in [0.25, 0.3) is 0 Å². The summed E-state index contributed by atoms with van der Waals surface area (Å²) in [5.41, 5.74) is 3.06. The molecule has 23 heavy (non-hydrogen) atoms. The van der Waals surface area contributed by atoms with E-state index in [1.54, 1.807) is 0 Å². The van der Waals surface area contributed by atoms with Crippen molar-refractivity contribution in [1.82, 2.24) is 20.9 Å². The standard InChI is InChI=1S/C15H25N5.2ClH.Mn/c1-12-14-4-3-5-15(20-14)13(2)19-11-9-17-7-6-16-8-10-18-12;;;/h3-5,12,16-18H,6-11H2,1-2H3;2*1H;/q;;;+2/p-2. The van der Waals surface area contributed by atoms with E-state index in [-0.39, 0.29) is 19.2 Å². The van der Waals surface area contributed by atoms with Gasteiger partial charge in [-0.15, -0.1) is 0 Å². The SMILES string of the molecule is CC1=NCCNCCNCCNC(C)c2cccc1n2.[Cl][Mn][Cl]. The summed E-state index contributed by atoms with van der Waals surface area (Å²) in [6.07, 6.45) is 0. The second kappa shape index (κ2) is 13.1. The minimum absolute atomic E-state index is 0.00694. The van der Waals surface area contributed by atoms with Crippen molar-refractivity contribution < 1.29 is 13.1 Å². The number of rotatable bonds is 0. The average Bonchev–Trinajstić information content (AvgIpc) is 2.56. The molecule has 2 rings (SSSR count). The Morgan fingerprint density at radius 3 is 2.48 bits per heavy atom. The number of nitrogens with zero attached hydrogens (tertiary/aromatic N) is 2. The van der Waals surface area contributed by atoms with Gasteiger partial charge in [0.15, 0.2) is 0 Å². The van der Waals surface area contributed by atoms with Crippen LogP contribution in [-0.2, 0) is 13.1 Å². The van der Waals surface area contributed by atoms with E-state index in [0.29, 0.717) is 0 Å². The van der Waals surface area contributed by atoms with E-state index in [1.807, 2.05) is 13.0 Å². The van der Waals surface area contributed by atoms with Crippen molar-refractivity contribution in [2.75, 3.05) is 39.3 Å². The molecule has 131 valence electrons. The monoisotopic (exact) mass is 400 g/mol. The molecule has 1 aromatic heterocycles. The fourth-order valence-electron chi connectivity index (χ4n) is 2.19. The minimum atomic E-state index is 0.00694. The number of nitrogens with one attached hydrogen (secondary N) is 3. The van der Waals surface area contributed by atoms with E-state index in [4.69, 9.17) is 25.2 Å². The third-order valence-electron chi connectivity index (χ3n) is 3.45. The second-order valence-corrected chi connectivity index (χ2v) is 7.09. The van der Waals surface area contributed by atoms with Gasteiger partial charge < -0.3 is 16.0 Å². The van der Waals surface area contributed by atoms with Crippen molar-refractivity contribution in [2.45, 2.75) is 19.9 Å². The Labute approximate surface area is 153 Å². The first-order valence-corrected chi connectivity index (χ1v) is 10.9. The van der Waals surface area contributed by atoms with Gasteiger partial charge in [0.1, 0.15) is 0 Å². The van der Waals surface area contributed by atoms with Crippen LogP contribution in [0, 0.1) is 0 Å². The van der Waals surface area contributed by atoms with Crippen LogP contribution in [0.15, 0.2) is 23.2 Å². The van der Waals surface area contributed by atoms with E-state index in [0.717, 1.165) is 56.4 Å². The molecule has 1 aliphatic heterocycles. The van der Waals surface area contributed by atoms with E-state index >= 15 is 0 Å². The van der Waals surface area contributed by atoms with Gasteiger partial charge in [-0.05, 0) is 26.0 Å². The summed E-state index contributed by atoms with van der Waals surface area (Å²) < 4.78 is 0. The van der Waals surface area contributed by atoms with Crippen LogP contribution >= 0.6 is 20.2 Å². The molecule has 5 nitrogen and oxygen atoms in total. The molecule has 0 aliphatic carbocycles. The maximum absolute atomic E-state index is 4.80. The first-order valence-electron chi connectivity index (χ1n) is 7.69. The van der Waals surface area contributed by atoms with Crippen LogP contribution in [0.1, 0.15) is 31.3 Å². The van der Waals surface area contributed by atoms with Crippen LogP contribution < -0.4 is 16.0 Å². The van der Waals surface area contributed by atoms with Crippen molar-refractivity contribution in [1.29, 1.82) is 0 Å². The first-order chi connectivity index (χ1) is 11.2. The molecule has 0 amide bonds. The zero-order chi connectivity index (χ0) is 16.9. The molecular weight excluding hydrogens is 376 g/mol. The number of aliphatic imine (C=N–C) groups is 1. The van der Waals surface area contributed by atoms with E-state index in [9.17, 15) is 0 Å². The Kier molecular flexibility index (Phi) is 11.9. The number of hydrogen-bond donors (Lipinski definition) is 3. The predicted molar refractivity (Wildman–Crippen MR) is 95.2 cm³/mol. The topological polar surface area (TPSA) is 61.3 Å². The van der Waals surface area contributed by atoms with Gasteiger partial charge in [0, 0.05) is 38.8 Å². The van der Waals surface area contributed by atoms with Gasteiger partial charge in [0.05, 0.1) is 23.6 Å².